The highest BCUT2D eigenvalue weighted by molar-refractivity contribution is 5.79. The Balaban J connectivity index is 1.59. The number of piperazine rings is 1. The largest absolute Gasteiger partial charge is 0.338 e. The lowest BCUT2D eigenvalue weighted by molar-refractivity contribution is -0.136. The van der Waals surface area contributed by atoms with E-state index >= 15 is 0 Å². The summed E-state index contributed by atoms with van der Waals surface area (Å²) in [4.78, 5) is 31.1. The van der Waals surface area contributed by atoms with Gasteiger partial charge in [-0.3, -0.25) is 9.69 Å². The molecule has 2 fully saturated rings. The topological polar surface area (TPSA) is 55.9 Å². The van der Waals surface area contributed by atoms with Crippen LogP contribution in [0.25, 0.3) is 0 Å². The van der Waals surface area contributed by atoms with Gasteiger partial charge in [0.05, 0.1) is 6.54 Å². The van der Waals surface area contributed by atoms with Crippen LogP contribution in [0.15, 0.2) is 24.3 Å². The van der Waals surface area contributed by atoms with E-state index in [1.807, 2.05) is 16.7 Å². The monoisotopic (exact) mass is 404 g/mol. The molecule has 1 aliphatic carbocycles. The second kappa shape index (κ2) is 10.6. The van der Waals surface area contributed by atoms with Gasteiger partial charge in [0.25, 0.3) is 0 Å². The van der Waals surface area contributed by atoms with Crippen LogP contribution in [0.2, 0.25) is 0 Å². The average molecular weight is 405 g/mol. The van der Waals surface area contributed by atoms with Crippen molar-refractivity contribution in [2.75, 3.05) is 39.3 Å². The molecule has 0 bridgehead atoms. The summed E-state index contributed by atoms with van der Waals surface area (Å²) < 4.78 is 13.3. The number of amides is 3. The van der Waals surface area contributed by atoms with E-state index < -0.39 is 0 Å². The fraction of sp³-hybridized carbons (Fsp3) is 0.636. The Hall–Kier alpha value is -2.15. The third-order valence-electron chi connectivity index (χ3n) is 5.95. The van der Waals surface area contributed by atoms with Crippen molar-refractivity contribution >= 4 is 11.9 Å². The molecule has 0 radical (unpaired) electrons. The van der Waals surface area contributed by atoms with E-state index in [0.717, 1.165) is 31.2 Å². The minimum Gasteiger partial charge on any atom is -0.338 e. The normalized spacial score (nSPS) is 18.5. The predicted octanol–water partition coefficient (Wildman–Crippen LogP) is 2.83. The second-order valence-electron chi connectivity index (χ2n) is 8.04. The predicted molar refractivity (Wildman–Crippen MR) is 111 cm³/mol. The van der Waals surface area contributed by atoms with Gasteiger partial charge in [-0.1, -0.05) is 31.4 Å². The molecule has 0 atom stereocenters. The Morgan fingerprint density at radius 2 is 1.72 bits per heavy atom. The van der Waals surface area contributed by atoms with Crippen LogP contribution in [0.3, 0.4) is 0 Å². The molecule has 0 spiro atoms. The number of halogens is 1. The average Bonchev–Trinajstić information content (AvgIpc) is 2.74. The van der Waals surface area contributed by atoms with Crippen LogP contribution in [0.1, 0.15) is 44.6 Å². The van der Waals surface area contributed by atoms with Crippen LogP contribution in [-0.4, -0.2) is 71.9 Å². The van der Waals surface area contributed by atoms with Crippen molar-refractivity contribution in [3.8, 4) is 0 Å². The van der Waals surface area contributed by atoms with Crippen molar-refractivity contribution in [2.24, 2.45) is 0 Å². The van der Waals surface area contributed by atoms with E-state index in [1.165, 1.54) is 18.6 Å². The Labute approximate surface area is 173 Å². The number of nitrogens with one attached hydrogen (secondary N) is 1. The van der Waals surface area contributed by atoms with E-state index in [-0.39, 0.29) is 23.8 Å². The fourth-order valence-corrected chi connectivity index (χ4v) is 4.25. The third-order valence-corrected chi connectivity index (χ3v) is 5.95. The van der Waals surface area contributed by atoms with Gasteiger partial charge in [-0.05, 0) is 37.5 Å². The fourth-order valence-electron chi connectivity index (χ4n) is 4.25. The van der Waals surface area contributed by atoms with Gasteiger partial charge in [-0.15, -0.1) is 0 Å². The molecule has 2 aliphatic rings. The first-order valence-electron chi connectivity index (χ1n) is 10.9. The molecule has 29 heavy (non-hydrogen) atoms. The van der Waals surface area contributed by atoms with Gasteiger partial charge in [0.15, 0.2) is 0 Å². The lowest BCUT2D eigenvalue weighted by atomic mass is 9.93. The van der Waals surface area contributed by atoms with Crippen LogP contribution < -0.4 is 5.32 Å². The first kappa shape index (κ1) is 21.6. The minimum absolute atomic E-state index is 0.0291. The summed E-state index contributed by atoms with van der Waals surface area (Å²) in [6.45, 7) is 6.13. The molecule has 0 aromatic heterocycles. The van der Waals surface area contributed by atoms with Crippen LogP contribution in [0.5, 0.6) is 0 Å². The highest BCUT2D eigenvalue weighted by atomic mass is 19.1. The van der Waals surface area contributed by atoms with Crippen LogP contribution in [0, 0.1) is 5.82 Å². The Morgan fingerprint density at radius 3 is 2.34 bits per heavy atom. The first-order chi connectivity index (χ1) is 14.1. The van der Waals surface area contributed by atoms with Gasteiger partial charge in [0.2, 0.25) is 5.91 Å². The molecule has 1 aromatic carbocycles. The number of rotatable bonds is 6. The maximum Gasteiger partial charge on any atom is 0.317 e. The highest BCUT2D eigenvalue weighted by Crippen LogP contribution is 2.24. The minimum atomic E-state index is -0.255. The smallest absolute Gasteiger partial charge is 0.317 e. The summed E-state index contributed by atoms with van der Waals surface area (Å²) in [5.74, 6) is -0.123. The molecular weight excluding hydrogens is 371 g/mol. The van der Waals surface area contributed by atoms with Crippen molar-refractivity contribution in [3.05, 3.63) is 35.6 Å². The first-order valence-corrected chi connectivity index (χ1v) is 10.9. The molecule has 1 saturated carbocycles. The summed E-state index contributed by atoms with van der Waals surface area (Å²) in [6, 6.07) is 6.68. The zero-order valence-electron chi connectivity index (χ0n) is 17.4. The zero-order chi connectivity index (χ0) is 20.6. The Bertz CT molecular complexity index is 668. The van der Waals surface area contributed by atoms with Gasteiger partial charge >= 0.3 is 6.03 Å². The quantitative estimate of drug-likeness (QED) is 0.793. The molecule has 160 valence electrons. The van der Waals surface area contributed by atoms with Crippen molar-refractivity contribution in [3.63, 3.8) is 0 Å². The number of benzene rings is 1. The summed E-state index contributed by atoms with van der Waals surface area (Å²) >= 11 is 0. The molecule has 1 saturated heterocycles. The maximum absolute atomic E-state index is 13.3. The van der Waals surface area contributed by atoms with Gasteiger partial charge in [0, 0.05) is 45.3 Å². The second-order valence-corrected chi connectivity index (χ2v) is 8.04. The van der Waals surface area contributed by atoms with Crippen LogP contribution in [-0.2, 0) is 11.3 Å². The van der Waals surface area contributed by atoms with E-state index in [2.05, 4.69) is 10.2 Å². The zero-order valence-corrected chi connectivity index (χ0v) is 17.4. The lowest BCUT2D eigenvalue weighted by Gasteiger charge is -2.38. The molecule has 3 rings (SSSR count). The highest BCUT2D eigenvalue weighted by Gasteiger charge is 2.28. The SMILES string of the molecule is CCNC(=O)N1CCN(CC(=O)N(Cc2ccc(F)cc2)C2CCCCC2)CC1. The van der Waals surface area contributed by atoms with E-state index in [9.17, 15) is 14.0 Å². The van der Waals surface area contributed by atoms with Crippen LogP contribution in [0.4, 0.5) is 9.18 Å². The molecule has 1 aromatic rings. The van der Waals surface area contributed by atoms with E-state index in [4.69, 9.17) is 0 Å². The number of hydrogen-bond donors (Lipinski definition) is 1. The molecule has 3 amide bonds. The van der Waals surface area contributed by atoms with Crippen molar-refractivity contribution in [1.29, 1.82) is 0 Å². The molecular formula is C22H33FN4O2. The molecule has 6 nitrogen and oxygen atoms in total. The Kier molecular flexibility index (Phi) is 7.86. The number of nitrogens with zero attached hydrogens (tertiary/aromatic N) is 3. The van der Waals surface area contributed by atoms with Crippen molar-refractivity contribution in [2.45, 2.75) is 51.6 Å². The molecule has 1 aliphatic heterocycles. The van der Waals surface area contributed by atoms with Gasteiger partial charge < -0.3 is 15.1 Å². The molecule has 0 unspecified atom stereocenters. The third kappa shape index (κ3) is 6.16. The summed E-state index contributed by atoms with van der Waals surface area (Å²) in [7, 11) is 0. The molecule has 7 heteroatoms. The summed E-state index contributed by atoms with van der Waals surface area (Å²) in [5, 5.41) is 2.83. The number of hydrogen-bond acceptors (Lipinski definition) is 3. The summed E-state index contributed by atoms with van der Waals surface area (Å²) in [6.07, 6.45) is 5.62. The van der Waals surface area contributed by atoms with Gasteiger partial charge in [0.1, 0.15) is 5.82 Å². The molecule has 1 N–H and O–H groups in total. The lowest BCUT2D eigenvalue weighted by Crippen LogP contribution is -2.54. The standard InChI is InChI=1S/C22H33FN4O2/c1-2-24-22(29)26-14-12-25(13-15-26)17-21(28)27(20-6-4-3-5-7-20)16-18-8-10-19(23)11-9-18/h8-11,20H,2-7,12-17H2,1H3,(H,24,29). The maximum atomic E-state index is 13.3. The Morgan fingerprint density at radius 1 is 1.07 bits per heavy atom. The van der Waals surface area contributed by atoms with Crippen molar-refractivity contribution in [1.82, 2.24) is 20.0 Å². The van der Waals surface area contributed by atoms with E-state index in [0.29, 0.717) is 45.8 Å². The summed E-state index contributed by atoms with van der Waals surface area (Å²) in [5.41, 5.74) is 0.964. The number of carbonyl (C=O) groups excluding carboxylic acids is 2. The van der Waals surface area contributed by atoms with E-state index in [1.54, 1.807) is 12.1 Å². The number of carbonyl (C=O) groups is 2. The number of urea groups is 1. The van der Waals surface area contributed by atoms with Gasteiger partial charge in [-0.2, -0.15) is 0 Å². The van der Waals surface area contributed by atoms with Crippen molar-refractivity contribution < 1.29 is 14.0 Å². The van der Waals surface area contributed by atoms with Crippen LogP contribution >= 0.6 is 0 Å². The van der Waals surface area contributed by atoms with Gasteiger partial charge in [-0.25, -0.2) is 9.18 Å². The molecule has 1 heterocycles.